The third-order valence-corrected chi connectivity index (χ3v) is 2.89. The van der Waals surface area contributed by atoms with E-state index >= 15 is 0 Å². The van der Waals surface area contributed by atoms with Gasteiger partial charge in [0.1, 0.15) is 0 Å². The summed E-state index contributed by atoms with van der Waals surface area (Å²) >= 11 is 0. The zero-order valence-corrected chi connectivity index (χ0v) is 10.3. The number of hydrogen-bond acceptors (Lipinski definition) is 4. The van der Waals surface area contributed by atoms with E-state index in [0.29, 0.717) is 24.3 Å². The Morgan fingerprint density at radius 3 is 2.65 bits per heavy atom. The number of hydrogen-bond donors (Lipinski definition) is 2. The van der Waals surface area contributed by atoms with Crippen molar-refractivity contribution in [2.75, 3.05) is 18.9 Å². The molecule has 0 aromatic heterocycles. The monoisotopic (exact) mass is 237 g/mol. The highest BCUT2D eigenvalue weighted by Crippen LogP contribution is 2.32. The van der Waals surface area contributed by atoms with Gasteiger partial charge in [-0.05, 0) is 31.9 Å². The summed E-state index contributed by atoms with van der Waals surface area (Å²) in [5.74, 6) is -0.355. The molecule has 0 heterocycles. The molecule has 1 aromatic carbocycles. The van der Waals surface area contributed by atoms with E-state index in [1.807, 2.05) is 12.1 Å². The molecule has 4 nitrogen and oxygen atoms in total. The minimum Gasteiger partial charge on any atom is -0.465 e. The van der Waals surface area contributed by atoms with E-state index in [-0.39, 0.29) is 12.6 Å². The predicted molar refractivity (Wildman–Crippen MR) is 66.5 cm³/mol. The van der Waals surface area contributed by atoms with Crippen molar-refractivity contribution in [1.82, 2.24) is 0 Å². The molecule has 0 spiro atoms. The fraction of sp³-hybridized carbons (Fsp3) is 0.462. The van der Waals surface area contributed by atoms with Gasteiger partial charge in [0.2, 0.25) is 0 Å². The molecule has 0 amide bonds. The lowest BCUT2D eigenvalue weighted by Crippen LogP contribution is -2.36. The summed E-state index contributed by atoms with van der Waals surface area (Å²) in [7, 11) is 0. The highest BCUT2D eigenvalue weighted by Gasteiger charge is 2.37. The molecule has 94 valence electrons. The van der Waals surface area contributed by atoms with E-state index < -0.39 is 5.41 Å². The van der Waals surface area contributed by atoms with Crippen molar-refractivity contribution in [3.05, 3.63) is 29.8 Å². The van der Waals surface area contributed by atoms with Crippen LogP contribution in [0.2, 0.25) is 0 Å². The van der Waals surface area contributed by atoms with E-state index in [1.165, 1.54) is 0 Å². The number of esters is 1. The van der Waals surface area contributed by atoms with Crippen LogP contribution in [0.4, 0.5) is 5.69 Å². The van der Waals surface area contributed by atoms with Crippen LogP contribution in [-0.2, 0) is 14.9 Å². The molecule has 1 rings (SSSR count). The molecule has 0 aliphatic rings. The number of aliphatic hydroxyl groups excluding tert-OH is 1. The first-order valence-electron chi connectivity index (χ1n) is 5.69. The SMILES string of the molecule is CCOC(=O)C(C)(CCO)c1ccccc1N. The minimum absolute atomic E-state index is 0.0936. The Bertz CT molecular complexity index is 392. The van der Waals surface area contributed by atoms with Gasteiger partial charge in [0.05, 0.1) is 12.0 Å². The summed E-state index contributed by atoms with van der Waals surface area (Å²) in [4.78, 5) is 12.0. The van der Waals surface area contributed by atoms with Gasteiger partial charge in [-0.2, -0.15) is 0 Å². The number of nitrogens with two attached hydrogens (primary N) is 1. The molecular weight excluding hydrogens is 218 g/mol. The zero-order valence-electron chi connectivity index (χ0n) is 10.3. The molecule has 0 aliphatic carbocycles. The summed E-state index contributed by atoms with van der Waals surface area (Å²) in [6, 6.07) is 7.16. The number of carbonyl (C=O) groups excluding carboxylic acids is 1. The van der Waals surface area contributed by atoms with E-state index in [1.54, 1.807) is 26.0 Å². The standard InChI is InChI=1S/C13H19NO3/c1-3-17-12(16)13(2,8-9-15)10-6-4-5-7-11(10)14/h4-7,15H,3,8-9,14H2,1-2H3. The van der Waals surface area contributed by atoms with Gasteiger partial charge in [-0.1, -0.05) is 18.2 Å². The maximum atomic E-state index is 12.0. The van der Waals surface area contributed by atoms with E-state index in [2.05, 4.69) is 0 Å². The summed E-state index contributed by atoms with van der Waals surface area (Å²) < 4.78 is 5.06. The number of aliphatic hydroxyl groups is 1. The number of anilines is 1. The maximum Gasteiger partial charge on any atom is 0.316 e. The van der Waals surface area contributed by atoms with Gasteiger partial charge >= 0.3 is 5.97 Å². The molecule has 1 aromatic rings. The number of carbonyl (C=O) groups is 1. The molecule has 0 radical (unpaired) electrons. The second-order valence-corrected chi connectivity index (χ2v) is 4.11. The first kappa shape index (κ1) is 13.5. The van der Waals surface area contributed by atoms with Crippen LogP contribution in [0, 0.1) is 0 Å². The lowest BCUT2D eigenvalue weighted by atomic mass is 9.79. The highest BCUT2D eigenvalue weighted by molar-refractivity contribution is 5.84. The van der Waals surface area contributed by atoms with Crippen LogP contribution in [0.5, 0.6) is 0 Å². The topological polar surface area (TPSA) is 72.5 Å². The summed E-state index contributed by atoms with van der Waals surface area (Å²) in [6.45, 7) is 3.72. The third-order valence-electron chi connectivity index (χ3n) is 2.89. The Morgan fingerprint density at radius 1 is 1.47 bits per heavy atom. The van der Waals surface area contributed by atoms with Crippen LogP contribution >= 0.6 is 0 Å². The second kappa shape index (κ2) is 5.68. The van der Waals surface area contributed by atoms with Gasteiger partial charge in [0.25, 0.3) is 0 Å². The lowest BCUT2D eigenvalue weighted by Gasteiger charge is -2.28. The lowest BCUT2D eigenvalue weighted by molar-refractivity contribution is -0.150. The molecular formula is C13H19NO3. The summed E-state index contributed by atoms with van der Waals surface area (Å²) in [5, 5.41) is 9.12. The predicted octanol–water partition coefficient (Wildman–Crippen LogP) is 1.47. The normalized spacial score (nSPS) is 14.1. The van der Waals surface area contributed by atoms with Crippen molar-refractivity contribution >= 4 is 11.7 Å². The van der Waals surface area contributed by atoms with Crippen LogP contribution in [0.25, 0.3) is 0 Å². The van der Waals surface area contributed by atoms with Crippen LogP contribution in [-0.4, -0.2) is 24.3 Å². The van der Waals surface area contributed by atoms with Gasteiger partial charge in [-0.3, -0.25) is 4.79 Å². The van der Waals surface area contributed by atoms with Crippen molar-refractivity contribution < 1.29 is 14.6 Å². The molecule has 0 saturated heterocycles. The zero-order chi connectivity index (χ0) is 12.9. The number of nitrogen functional groups attached to an aromatic ring is 1. The van der Waals surface area contributed by atoms with E-state index in [0.717, 1.165) is 0 Å². The van der Waals surface area contributed by atoms with E-state index in [4.69, 9.17) is 15.6 Å². The van der Waals surface area contributed by atoms with Gasteiger partial charge in [-0.15, -0.1) is 0 Å². The van der Waals surface area contributed by atoms with Crippen molar-refractivity contribution in [3.8, 4) is 0 Å². The summed E-state index contributed by atoms with van der Waals surface area (Å²) in [6.07, 6.45) is 0.292. The molecule has 1 atom stereocenters. The van der Waals surface area contributed by atoms with Crippen molar-refractivity contribution in [2.45, 2.75) is 25.7 Å². The number of rotatable bonds is 5. The van der Waals surface area contributed by atoms with Gasteiger partial charge in [0.15, 0.2) is 0 Å². The van der Waals surface area contributed by atoms with E-state index in [9.17, 15) is 4.79 Å². The largest absolute Gasteiger partial charge is 0.465 e. The first-order chi connectivity index (χ1) is 8.06. The first-order valence-corrected chi connectivity index (χ1v) is 5.69. The fourth-order valence-electron chi connectivity index (χ4n) is 1.86. The molecule has 0 fully saturated rings. The number of para-hydroxylation sites is 1. The van der Waals surface area contributed by atoms with Gasteiger partial charge in [0, 0.05) is 12.3 Å². The molecule has 0 saturated carbocycles. The van der Waals surface area contributed by atoms with Crippen LogP contribution in [0.15, 0.2) is 24.3 Å². The number of benzene rings is 1. The molecule has 1 unspecified atom stereocenters. The highest BCUT2D eigenvalue weighted by atomic mass is 16.5. The average molecular weight is 237 g/mol. The van der Waals surface area contributed by atoms with Gasteiger partial charge in [-0.25, -0.2) is 0 Å². The Hall–Kier alpha value is -1.55. The smallest absolute Gasteiger partial charge is 0.316 e. The molecule has 3 N–H and O–H groups in total. The summed E-state index contributed by atoms with van der Waals surface area (Å²) in [5.41, 5.74) is 6.23. The maximum absolute atomic E-state index is 12.0. The minimum atomic E-state index is -0.893. The molecule has 0 aliphatic heterocycles. The quantitative estimate of drug-likeness (QED) is 0.601. The Balaban J connectivity index is 3.15. The average Bonchev–Trinajstić information content (AvgIpc) is 2.30. The van der Waals surface area contributed by atoms with Crippen molar-refractivity contribution in [3.63, 3.8) is 0 Å². The third kappa shape index (κ3) is 2.77. The van der Waals surface area contributed by atoms with Crippen LogP contribution in [0.1, 0.15) is 25.8 Å². The Labute approximate surface area is 101 Å². The van der Waals surface area contributed by atoms with Gasteiger partial charge < -0.3 is 15.6 Å². The van der Waals surface area contributed by atoms with Crippen LogP contribution in [0.3, 0.4) is 0 Å². The van der Waals surface area contributed by atoms with Crippen LogP contribution < -0.4 is 5.73 Å². The number of ether oxygens (including phenoxy) is 1. The Morgan fingerprint density at radius 2 is 2.12 bits per heavy atom. The fourth-order valence-corrected chi connectivity index (χ4v) is 1.86. The Kier molecular flexibility index (Phi) is 4.52. The molecule has 0 bridgehead atoms. The molecule has 4 heteroatoms. The van der Waals surface area contributed by atoms with Crippen molar-refractivity contribution in [1.29, 1.82) is 0 Å². The second-order valence-electron chi connectivity index (χ2n) is 4.11. The van der Waals surface area contributed by atoms with Crippen molar-refractivity contribution in [2.24, 2.45) is 0 Å². The molecule has 17 heavy (non-hydrogen) atoms.